The quantitative estimate of drug-likeness (QED) is 0.659. The van der Waals surface area contributed by atoms with Crippen LogP contribution in [-0.4, -0.2) is 12.0 Å². The minimum absolute atomic E-state index is 0.178. The summed E-state index contributed by atoms with van der Waals surface area (Å²) in [5.41, 5.74) is 0.704. The van der Waals surface area contributed by atoms with Crippen molar-refractivity contribution in [2.24, 2.45) is 0 Å². The summed E-state index contributed by atoms with van der Waals surface area (Å²) in [5, 5.41) is 0.178. The Morgan fingerprint density at radius 2 is 1.92 bits per heavy atom. The third kappa shape index (κ3) is 2.51. The van der Waals surface area contributed by atoms with E-state index in [4.69, 9.17) is 0 Å². The summed E-state index contributed by atoms with van der Waals surface area (Å²) in [6, 6.07) is 0. The van der Waals surface area contributed by atoms with Crippen molar-refractivity contribution < 1.29 is 12.9 Å². The molecule has 1 nitrogen and oxygen atoms in total. The lowest BCUT2D eigenvalue weighted by atomic mass is 9.87. The van der Waals surface area contributed by atoms with Crippen molar-refractivity contribution in [2.75, 3.05) is 0 Å². The van der Waals surface area contributed by atoms with Crippen molar-refractivity contribution >= 4 is 18.3 Å². The van der Waals surface area contributed by atoms with Gasteiger partial charge in [-0.25, -0.2) is 4.98 Å². The third-order valence-electron chi connectivity index (χ3n) is 1.48. The molecule has 0 amide bonds. The van der Waals surface area contributed by atoms with Crippen molar-refractivity contribution in [3.63, 3.8) is 0 Å². The van der Waals surface area contributed by atoms with Crippen LogP contribution in [0.25, 0.3) is 0 Å². The Labute approximate surface area is 72.7 Å². The first-order valence-corrected chi connectivity index (χ1v) is 4.34. The number of hydrogen-bond donors (Lipinski definition) is 0. The summed E-state index contributed by atoms with van der Waals surface area (Å²) in [5.74, 6) is 0. The molecule has 1 aromatic heterocycles. The number of nitrogens with zero attached hydrogens (tertiary/aromatic N) is 1. The molecule has 0 aromatic carbocycles. The van der Waals surface area contributed by atoms with Gasteiger partial charge in [0, 0.05) is 4.88 Å². The Morgan fingerprint density at radius 3 is 2.25 bits per heavy atom. The fourth-order valence-corrected chi connectivity index (χ4v) is 1.83. The average molecular weight is 194 g/mol. The van der Waals surface area contributed by atoms with Crippen molar-refractivity contribution in [1.29, 1.82) is 0 Å². The SMILES string of the molecule is Cc1nc(C[B-](F)(F)F)sc1C. The molecule has 0 N–H and O–H groups in total. The lowest BCUT2D eigenvalue weighted by molar-refractivity contribution is 0.468. The first-order chi connectivity index (χ1) is 5.38. The molecule has 0 bridgehead atoms. The highest BCUT2D eigenvalue weighted by Crippen LogP contribution is 2.22. The lowest BCUT2D eigenvalue weighted by Crippen LogP contribution is -2.19. The van der Waals surface area contributed by atoms with Crippen molar-refractivity contribution in [1.82, 2.24) is 4.98 Å². The van der Waals surface area contributed by atoms with Crippen LogP contribution in [0.5, 0.6) is 0 Å². The van der Waals surface area contributed by atoms with E-state index in [2.05, 4.69) is 4.98 Å². The van der Waals surface area contributed by atoms with Gasteiger partial charge in [0.2, 0.25) is 0 Å². The molecule has 0 spiro atoms. The van der Waals surface area contributed by atoms with E-state index in [1.165, 1.54) is 0 Å². The van der Waals surface area contributed by atoms with Gasteiger partial charge in [-0.2, -0.15) is 0 Å². The largest absolute Gasteiger partial charge is 0.484 e. The molecule has 12 heavy (non-hydrogen) atoms. The molecule has 68 valence electrons. The summed E-state index contributed by atoms with van der Waals surface area (Å²) in [4.78, 5) is 4.68. The van der Waals surface area contributed by atoms with Gasteiger partial charge in [0.15, 0.2) is 0 Å². The number of thiazole rings is 1. The van der Waals surface area contributed by atoms with Gasteiger partial charge in [0.05, 0.1) is 10.7 Å². The van der Waals surface area contributed by atoms with Crippen LogP contribution in [0.3, 0.4) is 0 Å². The Kier molecular flexibility index (Phi) is 2.46. The minimum atomic E-state index is -4.74. The van der Waals surface area contributed by atoms with Gasteiger partial charge >= 0.3 is 6.98 Å². The van der Waals surface area contributed by atoms with Crippen LogP contribution in [0, 0.1) is 13.8 Å². The molecule has 0 fully saturated rings. The van der Waals surface area contributed by atoms with E-state index in [-0.39, 0.29) is 5.01 Å². The second-order valence-corrected chi connectivity index (χ2v) is 3.95. The van der Waals surface area contributed by atoms with Gasteiger partial charge in [-0.05, 0) is 20.2 Å². The predicted octanol–water partition coefficient (Wildman–Crippen LogP) is 2.69. The number of aryl methyl sites for hydroxylation is 2. The maximum atomic E-state index is 11.9. The van der Waals surface area contributed by atoms with Crippen LogP contribution in [0.2, 0.25) is 0 Å². The zero-order valence-corrected chi connectivity index (χ0v) is 7.59. The minimum Gasteiger partial charge on any atom is -0.449 e. The molecule has 0 radical (unpaired) electrons. The monoisotopic (exact) mass is 194 g/mol. The molecule has 1 heterocycles. The van der Waals surface area contributed by atoms with Gasteiger partial charge in [0.1, 0.15) is 0 Å². The topological polar surface area (TPSA) is 12.9 Å². The zero-order chi connectivity index (χ0) is 9.35. The van der Waals surface area contributed by atoms with Crippen molar-refractivity contribution in [3.8, 4) is 0 Å². The molecule has 0 saturated heterocycles. The fraction of sp³-hybridized carbons (Fsp3) is 0.500. The molecule has 6 heteroatoms. The molecule has 0 atom stereocenters. The van der Waals surface area contributed by atoms with Gasteiger partial charge in [-0.15, -0.1) is 11.3 Å². The Hall–Kier alpha value is -0.515. The second-order valence-electron chi connectivity index (χ2n) is 2.66. The van der Waals surface area contributed by atoms with E-state index < -0.39 is 13.3 Å². The highest BCUT2D eigenvalue weighted by atomic mass is 32.1. The van der Waals surface area contributed by atoms with Crippen LogP contribution in [0.4, 0.5) is 12.9 Å². The first-order valence-electron chi connectivity index (χ1n) is 3.52. The Morgan fingerprint density at radius 1 is 1.33 bits per heavy atom. The molecule has 0 aliphatic carbocycles. The molecule has 0 aliphatic rings. The summed E-state index contributed by atoms with van der Waals surface area (Å²) in [6.07, 6.45) is -0.848. The van der Waals surface area contributed by atoms with Crippen LogP contribution >= 0.6 is 11.3 Å². The summed E-state index contributed by atoms with van der Waals surface area (Å²) in [6.45, 7) is -1.24. The number of hydrogen-bond acceptors (Lipinski definition) is 2. The summed E-state index contributed by atoms with van der Waals surface area (Å²) in [7, 11) is 0. The highest BCUT2D eigenvalue weighted by molar-refractivity contribution is 7.12. The van der Waals surface area contributed by atoms with Gasteiger partial charge in [-0.3, -0.25) is 0 Å². The van der Waals surface area contributed by atoms with Gasteiger partial charge in [-0.1, -0.05) is 0 Å². The molecule has 0 unspecified atom stereocenters. The molecule has 1 aromatic rings. The molecule has 0 aliphatic heterocycles. The van der Waals surface area contributed by atoms with Gasteiger partial charge < -0.3 is 12.9 Å². The zero-order valence-electron chi connectivity index (χ0n) is 6.77. The summed E-state index contributed by atoms with van der Waals surface area (Å²) >= 11 is 1.13. The number of rotatable bonds is 2. The lowest BCUT2D eigenvalue weighted by Gasteiger charge is -2.09. The maximum Gasteiger partial charge on any atom is 0.484 e. The maximum absolute atomic E-state index is 11.9. The molecule has 1 rings (SSSR count). The second kappa shape index (κ2) is 3.09. The Balaban J connectivity index is 2.77. The molecular weight excluding hydrogens is 186 g/mol. The molecule has 0 saturated carbocycles. The van der Waals surface area contributed by atoms with E-state index in [1.807, 2.05) is 0 Å². The smallest absolute Gasteiger partial charge is 0.449 e. The van der Waals surface area contributed by atoms with Gasteiger partial charge in [0.25, 0.3) is 0 Å². The van der Waals surface area contributed by atoms with E-state index in [0.717, 1.165) is 16.2 Å². The van der Waals surface area contributed by atoms with Crippen LogP contribution in [0.1, 0.15) is 15.6 Å². The standard InChI is InChI=1S/C6H8BF3NS/c1-4-5(2)12-6(11-4)3-7(8,9)10/h3H2,1-2H3/q-1. The predicted molar refractivity (Wildman–Crippen MR) is 44.4 cm³/mol. The van der Waals surface area contributed by atoms with Crippen molar-refractivity contribution in [2.45, 2.75) is 20.2 Å². The van der Waals surface area contributed by atoms with E-state index >= 15 is 0 Å². The van der Waals surface area contributed by atoms with Crippen LogP contribution in [-0.2, 0) is 6.32 Å². The van der Waals surface area contributed by atoms with Crippen LogP contribution < -0.4 is 0 Å². The third-order valence-corrected chi connectivity index (χ3v) is 2.57. The molecular formula is C6H8BF3NS-. The summed E-state index contributed by atoms with van der Waals surface area (Å²) < 4.78 is 35.7. The normalized spacial score (nSPS) is 12.1. The first kappa shape index (κ1) is 9.57. The van der Waals surface area contributed by atoms with Crippen LogP contribution in [0.15, 0.2) is 0 Å². The van der Waals surface area contributed by atoms with E-state index in [9.17, 15) is 12.9 Å². The van der Waals surface area contributed by atoms with E-state index in [0.29, 0.717) is 5.69 Å². The number of halogens is 3. The van der Waals surface area contributed by atoms with Crippen molar-refractivity contribution in [3.05, 3.63) is 15.6 Å². The highest BCUT2D eigenvalue weighted by Gasteiger charge is 2.25. The number of aromatic nitrogens is 1. The fourth-order valence-electron chi connectivity index (χ4n) is 0.824. The van der Waals surface area contributed by atoms with E-state index in [1.54, 1.807) is 13.8 Å². The Bertz CT molecular complexity index is 261. The average Bonchev–Trinajstić information content (AvgIpc) is 2.07.